The topological polar surface area (TPSA) is 77.1 Å². The maximum absolute atomic E-state index is 14.3. The van der Waals surface area contributed by atoms with Crippen molar-refractivity contribution in [1.82, 2.24) is 0 Å². The van der Waals surface area contributed by atoms with Crippen LogP contribution >= 0.6 is 0 Å². The summed E-state index contributed by atoms with van der Waals surface area (Å²) in [5, 5.41) is 2.71. The standard InChI is InChI=1S/C27H27FN2O5/c1-33-19-11-9-18(10-12-19)30-25(31)15-13-20(27(32)29-22-7-5-4-6-21(22)28)26(30)17-8-14-23(34-2)24(16-17)35-3/h4-12,14,16,20,26H,13,15H2,1-3H3,(H,29,32). The summed E-state index contributed by atoms with van der Waals surface area (Å²) in [6, 6.07) is 17.7. The number of nitrogens with zero attached hydrogens (tertiary/aromatic N) is 1. The van der Waals surface area contributed by atoms with Gasteiger partial charge >= 0.3 is 0 Å². The number of nitrogens with one attached hydrogen (secondary N) is 1. The Morgan fingerprint density at radius 1 is 0.943 bits per heavy atom. The van der Waals surface area contributed by atoms with Crippen LogP contribution in [0.5, 0.6) is 17.2 Å². The lowest BCUT2D eigenvalue weighted by molar-refractivity contribution is -0.126. The molecule has 1 N–H and O–H groups in total. The highest BCUT2D eigenvalue weighted by Crippen LogP contribution is 2.43. The number of methoxy groups -OCH3 is 3. The van der Waals surface area contributed by atoms with Crippen molar-refractivity contribution in [3.63, 3.8) is 0 Å². The normalized spacial score (nSPS) is 17.6. The van der Waals surface area contributed by atoms with Gasteiger partial charge in [-0.1, -0.05) is 18.2 Å². The molecule has 0 aromatic heterocycles. The quantitative estimate of drug-likeness (QED) is 0.519. The molecule has 2 unspecified atom stereocenters. The van der Waals surface area contributed by atoms with E-state index in [0.29, 0.717) is 34.9 Å². The molecular formula is C27H27FN2O5. The van der Waals surface area contributed by atoms with Gasteiger partial charge in [0.2, 0.25) is 11.8 Å². The van der Waals surface area contributed by atoms with Gasteiger partial charge < -0.3 is 24.4 Å². The minimum Gasteiger partial charge on any atom is -0.497 e. The van der Waals surface area contributed by atoms with E-state index in [1.54, 1.807) is 60.5 Å². The predicted octanol–water partition coefficient (Wildman–Crippen LogP) is 4.97. The smallest absolute Gasteiger partial charge is 0.230 e. The van der Waals surface area contributed by atoms with Gasteiger partial charge in [0.1, 0.15) is 11.6 Å². The fourth-order valence-corrected chi connectivity index (χ4v) is 4.42. The van der Waals surface area contributed by atoms with Crippen LogP contribution in [0.15, 0.2) is 66.7 Å². The molecule has 0 radical (unpaired) electrons. The average Bonchev–Trinajstić information content (AvgIpc) is 2.89. The van der Waals surface area contributed by atoms with E-state index in [2.05, 4.69) is 5.32 Å². The van der Waals surface area contributed by atoms with E-state index in [9.17, 15) is 14.0 Å². The second kappa shape index (κ2) is 10.5. The van der Waals surface area contributed by atoms with Crippen LogP contribution in [0.3, 0.4) is 0 Å². The highest BCUT2D eigenvalue weighted by molar-refractivity contribution is 6.00. The maximum Gasteiger partial charge on any atom is 0.230 e. The number of para-hydroxylation sites is 1. The molecule has 0 bridgehead atoms. The summed E-state index contributed by atoms with van der Waals surface area (Å²) in [7, 11) is 4.63. The van der Waals surface area contributed by atoms with Crippen LogP contribution in [-0.4, -0.2) is 33.1 Å². The van der Waals surface area contributed by atoms with E-state index in [-0.39, 0.29) is 23.9 Å². The summed E-state index contributed by atoms with van der Waals surface area (Å²) >= 11 is 0. The first kappa shape index (κ1) is 24.1. The van der Waals surface area contributed by atoms with Gasteiger partial charge in [-0.05, 0) is 60.5 Å². The van der Waals surface area contributed by atoms with E-state index in [1.165, 1.54) is 26.4 Å². The minimum absolute atomic E-state index is 0.0939. The summed E-state index contributed by atoms with van der Waals surface area (Å²) in [4.78, 5) is 28.3. The maximum atomic E-state index is 14.3. The van der Waals surface area contributed by atoms with Gasteiger partial charge in [-0.2, -0.15) is 0 Å². The van der Waals surface area contributed by atoms with Crippen molar-refractivity contribution in [1.29, 1.82) is 0 Å². The van der Waals surface area contributed by atoms with Crippen LogP contribution in [0.2, 0.25) is 0 Å². The lowest BCUT2D eigenvalue weighted by Crippen LogP contribution is -2.47. The molecule has 1 saturated heterocycles. The Morgan fingerprint density at radius 2 is 1.66 bits per heavy atom. The molecule has 4 rings (SSSR count). The molecule has 8 heteroatoms. The van der Waals surface area contributed by atoms with Crippen molar-refractivity contribution >= 4 is 23.2 Å². The van der Waals surface area contributed by atoms with Crippen molar-refractivity contribution in [2.24, 2.45) is 5.92 Å². The number of anilines is 2. The van der Waals surface area contributed by atoms with Crippen molar-refractivity contribution < 1.29 is 28.2 Å². The van der Waals surface area contributed by atoms with E-state index >= 15 is 0 Å². The van der Waals surface area contributed by atoms with Crippen LogP contribution < -0.4 is 24.4 Å². The molecule has 7 nitrogen and oxygen atoms in total. The van der Waals surface area contributed by atoms with Crippen LogP contribution in [0, 0.1) is 11.7 Å². The van der Waals surface area contributed by atoms with Gasteiger partial charge in [0, 0.05) is 12.1 Å². The fourth-order valence-electron chi connectivity index (χ4n) is 4.42. The van der Waals surface area contributed by atoms with Gasteiger partial charge in [0.25, 0.3) is 0 Å². The molecule has 3 aromatic rings. The number of ether oxygens (including phenoxy) is 3. The monoisotopic (exact) mass is 478 g/mol. The number of rotatable bonds is 7. The highest BCUT2D eigenvalue weighted by atomic mass is 19.1. The molecular weight excluding hydrogens is 451 g/mol. The molecule has 182 valence electrons. The molecule has 3 aromatic carbocycles. The first-order valence-electron chi connectivity index (χ1n) is 11.2. The summed E-state index contributed by atoms with van der Waals surface area (Å²) in [6.07, 6.45) is 0.482. The summed E-state index contributed by atoms with van der Waals surface area (Å²) in [6.45, 7) is 0. The number of halogens is 1. The number of benzene rings is 3. The summed E-state index contributed by atoms with van der Waals surface area (Å²) in [5.74, 6) is -0.0110. The fraction of sp³-hybridized carbons (Fsp3) is 0.259. The molecule has 35 heavy (non-hydrogen) atoms. The predicted molar refractivity (Wildman–Crippen MR) is 131 cm³/mol. The van der Waals surface area contributed by atoms with Crippen molar-refractivity contribution in [3.8, 4) is 17.2 Å². The molecule has 1 aliphatic rings. The number of piperidine rings is 1. The number of carbonyl (C=O) groups is 2. The van der Waals surface area contributed by atoms with E-state index < -0.39 is 17.8 Å². The van der Waals surface area contributed by atoms with Gasteiger partial charge in [-0.3, -0.25) is 9.59 Å². The third kappa shape index (κ3) is 4.91. The van der Waals surface area contributed by atoms with Crippen LogP contribution in [0.4, 0.5) is 15.8 Å². The lowest BCUT2D eigenvalue weighted by atomic mass is 9.83. The number of carbonyl (C=O) groups excluding carboxylic acids is 2. The average molecular weight is 479 g/mol. The van der Waals surface area contributed by atoms with Crippen molar-refractivity contribution in [2.75, 3.05) is 31.5 Å². The molecule has 1 fully saturated rings. The van der Waals surface area contributed by atoms with Gasteiger partial charge in [-0.25, -0.2) is 4.39 Å². The largest absolute Gasteiger partial charge is 0.497 e. The molecule has 2 amide bonds. The van der Waals surface area contributed by atoms with Crippen molar-refractivity contribution in [3.05, 3.63) is 78.1 Å². The second-order valence-corrected chi connectivity index (χ2v) is 8.14. The molecule has 1 aliphatic heterocycles. The minimum atomic E-state index is -0.656. The van der Waals surface area contributed by atoms with Gasteiger partial charge in [-0.15, -0.1) is 0 Å². The van der Waals surface area contributed by atoms with Gasteiger partial charge in [0.05, 0.1) is 39.0 Å². The number of hydrogen-bond donors (Lipinski definition) is 1. The second-order valence-electron chi connectivity index (χ2n) is 8.14. The Hall–Kier alpha value is -4.07. The Bertz CT molecular complexity index is 1210. The first-order chi connectivity index (χ1) is 17.0. The Kier molecular flexibility index (Phi) is 7.19. The zero-order valence-electron chi connectivity index (χ0n) is 19.8. The first-order valence-corrected chi connectivity index (χ1v) is 11.2. The Morgan fingerprint density at radius 3 is 2.31 bits per heavy atom. The Balaban J connectivity index is 1.79. The molecule has 0 saturated carbocycles. The Labute approximate surface area is 203 Å². The zero-order chi connectivity index (χ0) is 24.9. The molecule has 0 aliphatic carbocycles. The van der Waals surface area contributed by atoms with Gasteiger partial charge in [0.15, 0.2) is 11.5 Å². The summed E-state index contributed by atoms with van der Waals surface area (Å²) in [5.41, 5.74) is 1.41. The molecule has 0 spiro atoms. The third-order valence-corrected chi connectivity index (χ3v) is 6.17. The summed E-state index contributed by atoms with van der Waals surface area (Å²) < 4.78 is 30.4. The van der Waals surface area contributed by atoms with Crippen LogP contribution in [-0.2, 0) is 9.59 Å². The molecule has 1 heterocycles. The highest BCUT2D eigenvalue weighted by Gasteiger charge is 2.42. The van der Waals surface area contributed by atoms with E-state index in [1.807, 2.05) is 6.07 Å². The van der Waals surface area contributed by atoms with E-state index in [4.69, 9.17) is 14.2 Å². The zero-order valence-corrected chi connectivity index (χ0v) is 19.8. The third-order valence-electron chi connectivity index (χ3n) is 6.17. The van der Waals surface area contributed by atoms with E-state index in [0.717, 1.165) is 0 Å². The lowest BCUT2D eigenvalue weighted by Gasteiger charge is -2.41. The van der Waals surface area contributed by atoms with Crippen LogP contribution in [0.25, 0.3) is 0 Å². The number of amides is 2. The SMILES string of the molecule is COc1ccc(N2C(=O)CCC(C(=O)Nc3ccccc3F)C2c2ccc(OC)c(OC)c2)cc1. The van der Waals surface area contributed by atoms with Crippen LogP contribution in [0.1, 0.15) is 24.4 Å². The number of hydrogen-bond acceptors (Lipinski definition) is 5. The molecule has 2 atom stereocenters. The van der Waals surface area contributed by atoms with Crippen molar-refractivity contribution in [2.45, 2.75) is 18.9 Å².